The molecule has 0 aliphatic carbocycles. The molecule has 2 rings (SSSR count). The molecular weight excluding hydrogens is 230 g/mol. The van der Waals surface area contributed by atoms with E-state index in [0.29, 0.717) is 5.95 Å². The molecule has 2 amide bonds. The lowest BCUT2D eigenvalue weighted by Gasteiger charge is -2.18. The van der Waals surface area contributed by atoms with Gasteiger partial charge in [0.1, 0.15) is 0 Å². The minimum atomic E-state index is -0.294. The number of carbonyl (C=O) groups is 1. The molecule has 0 saturated heterocycles. The molecule has 6 heteroatoms. The molecule has 0 spiro atoms. The summed E-state index contributed by atoms with van der Waals surface area (Å²) in [7, 11) is 0. The number of imidazole rings is 1. The molecule has 0 fully saturated rings. The van der Waals surface area contributed by atoms with Gasteiger partial charge in [0.25, 0.3) is 0 Å². The highest BCUT2D eigenvalue weighted by Crippen LogP contribution is 2.12. The van der Waals surface area contributed by atoms with Crippen LogP contribution in [0.25, 0.3) is 11.0 Å². The van der Waals surface area contributed by atoms with Crippen LogP contribution in [-0.2, 0) is 0 Å². The van der Waals surface area contributed by atoms with Gasteiger partial charge in [0.2, 0.25) is 5.95 Å². The van der Waals surface area contributed by atoms with Crippen LogP contribution >= 0.6 is 0 Å². The van der Waals surface area contributed by atoms with E-state index < -0.39 is 0 Å². The number of nitrogens with zero attached hydrogens (tertiary/aromatic N) is 2. The van der Waals surface area contributed by atoms with E-state index in [-0.39, 0.29) is 6.03 Å². The molecule has 0 radical (unpaired) electrons. The first-order chi connectivity index (χ1) is 8.72. The number of anilines is 1. The summed E-state index contributed by atoms with van der Waals surface area (Å²) in [6.07, 6.45) is 0. The molecular formula is C12H17N5O. The summed E-state index contributed by atoms with van der Waals surface area (Å²) >= 11 is 0. The number of fused-ring (bicyclic) bond motifs is 1. The van der Waals surface area contributed by atoms with Gasteiger partial charge in [-0.2, -0.15) is 0 Å². The van der Waals surface area contributed by atoms with Crippen molar-refractivity contribution >= 4 is 23.0 Å². The van der Waals surface area contributed by atoms with Crippen LogP contribution in [0.2, 0.25) is 0 Å². The number of nitrogens with one attached hydrogen (secondary N) is 3. The average molecular weight is 247 g/mol. The summed E-state index contributed by atoms with van der Waals surface area (Å²) in [5, 5.41) is 4.48. The Bertz CT molecular complexity index is 499. The Morgan fingerprint density at radius 3 is 2.72 bits per heavy atom. The maximum atomic E-state index is 11.7. The van der Waals surface area contributed by atoms with Gasteiger partial charge in [-0.05, 0) is 12.1 Å². The third-order valence-electron chi connectivity index (χ3n) is 2.64. The summed E-state index contributed by atoms with van der Waals surface area (Å²) in [6.45, 7) is 5.46. The second-order valence-electron chi connectivity index (χ2n) is 3.84. The van der Waals surface area contributed by atoms with Crippen molar-refractivity contribution in [2.24, 2.45) is 0 Å². The second-order valence-corrected chi connectivity index (χ2v) is 3.84. The predicted molar refractivity (Wildman–Crippen MR) is 71.2 cm³/mol. The topological polar surface area (TPSA) is 73.1 Å². The molecule has 0 unspecified atom stereocenters. The number of aromatic nitrogens is 2. The number of benzene rings is 1. The molecule has 96 valence electrons. The fraction of sp³-hybridized carbons (Fsp3) is 0.333. The van der Waals surface area contributed by atoms with Gasteiger partial charge in [-0.25, -0.2) is 14.8 Å². The van der Waals surface area contributed by atoms with Crippen molar-refractivity contribution < 1.29 is 4.79 Å². The lowest BCUT2D eigenvalue weighted by molar-refractivity contribution is 0.197. The molecule has 1 aromatic heterocycles. The standard InChI is InChI=1S/C12H17N5O/c1-3-17(4-2)16-12(18)15-11-13-9-7-5-6-8-10(9)14-11/h5-8H,3-4H2,1-2H3,(H3,13,14,15,16,18). The number of aromatic amines is 1. The predicted octanol–water partition coefficient (Wildman–Crippen LogP) is 1.94. The lowest BCUT2D eigenvalue weighted by atomic mass is 10.3. The van der Waals surface area contributed by atoms with Crippen molar-refractivity contribution in [3.63, 3.8) is 0 Å². The molecule has 0 saturated carbocycles. The Labute approximate surface area is 105 Å². The first-order valence-electron chi connectivity index (χ1n) is 6.00. The van der Waals surface area contributed by atoms with Crippen molar-refractivity contribution in [2.75, 3.05) is 18.4 Å². The first kappa shape index (κ1) is 12.4. The number of H-pyrrole nitrogens is 1. The Morgan fingerprint density at radius 2 is 2.06 bits per heavy atom. The smallest absolute Gasteiger partial charge is 0.324 e. The lowest BCUT2D eigenvalue weighted by Crippen LogP contribution is -2.44. The monoisotopic (exact) mass is 247 g/mol. The van der Waals surface area contributed by atoms with Gasteiger partial charge in [-0.1, -0.05) is 26.0 Å². The highest BCUT2D eigenvalue weighted by Gasteiger charge is 2.08. The minimum Gasteiger partial charge on any atom is -0.324 e. The van der Waals surface area contributed by atoms with E-state index in [1.54, 1.807) is 5.01 Å². The maximum absolute atomic E-state index is 11.7. The molecule has 1 heterocycles. The Hall–Kier alpha value is -2.08. The van der Waals surface area contributed by atoms with Crippen molar-refractivity contribution in [2.45, 2.75) is 13.8 Å². The van der Waals surface area contributed by atoms with E-state index in [2.05, 4.69) is 20.7 Å². The molecule has 0 atom stereocenters. The zero-order valence-corrected chi connectivity index (χ0v) is 10.5. The quantitative estimate of drug-likeness (QED) is 0.723. The Morgan fingerprint density at radius 1 is 1.33 bits per heavy atom. The van der Waals surface area contributed by atoms with Crippen molar-refractivity contribution in [3.8, 4) is 0 Å². The summed E-state index contributed by atoms with van der Waals surface area (Å²) in [5.41, 5.74) is 4.46. The van der Waals surface area contributed by atoms with E-state index >= 15 is 0 Å². The fourth-order valence-electron chi connectivity index (χ4n) is 1.67. The summed E-state index contributed by atoms with van der Waals surface area (Å²) < 4.78 is 0. The highest BCUT2D eigenvalue weighted by atomic mass is 16.2. The van der Waals surface area contributed by atoms with E-state index in [1.165, 1.54) is 0 Å². The van der Waals surface area contributed by atoms with E-state index in [0.717, 1.165) is 24.1 Å². The molecule has 0 aliphatic rings. The number of amides is 2. The zero-order chi connectivity index (χ0) is 13.0. The third-order valence-corrected chi connectivity index (χ3v) is 2.64. The van der Waals surface area contributed by atoms with Crippen LogP contribution in [0.1, 0.15) is 13.8 Å². The molecule has 18 heavy (non-hydrogen) atoms. The number of rotatable bonds is 4. The van der Waals surface area contributed by atoms with Gasteiger partial charge in [0, 0.05) is 13.1 Å². The molecule has 3 N–H and O–H groups in total. The van der Waals surface area contributed by atoms with Crippen molar-refractivity contribution in [1.29, 1.82) is 0 Å². The summed E-state index contributed by atoms with van der Waals surface area (Å²) in [4.78, 5) is 19.0. The maximum Gasteiger partial charge on any atom is 0.336 e. The van der Waals surface area contributed by atoms with Crippen LogP contribution in [0.4, 0.5) is 10.7 Å². The van der Waals surface area contributed by atoms with Crippen LogP contribution in [0.5, 0.6) is 0 Å². The summed E-state index contributed by atoms with van der Waals surface area (Å²) in [6, 6.07) is 7.33. The second kappa shape index (κ2) is 5.50. The van der Waals surface area contributed by atoms with E-state index in [1.807, 2.05) is 38.1 Å². The molecule has 2 aromatic rings. The molecule has 0 aliphatic heterocycles. The number of para-hydroxylation sites is 2. The van der Waals surface area contributed by atoms with E-state index in [4.69, 9.17) is 0 Å². The van der Waals surface area contributed by atoms with Crippen LogP contribution < -0.4 is 10.7 Å². The van der Waals surface area contributed by atoms with Gasteiger partial charge in [-0.15, -0.1) is 0 Å². The number of hydrogen-bond acceptors (Lipinski definition) is 3. The Kier molecular flexibility index (Phi) is 3.78. The van der Waals surface area contributed by atoms with Gasteiger partial charge in [0.05, 0.1) is 11.0 Å². The van der Waals surface area contributed by atoms with Gasteiger partial charge < -0.3 is 4.98 Å². The number of carbonyl (C=O) groups excluding carboxylic acids is 1. The third kappa shape index (κ3) is 2.78. The van der Waals surface area contributed by atoms with Crippen LogP contribution in [-0.4, -0.2) is 34.1 Å². The van der Waals surface area contributed by atoms with Crippen LogP contribution in [0, 0.1) is 0 Å². The molecule has 6 nitrogen and oxygen atoms in total. The molecule has 0 bridgehead atoms. The van der Waals surface area contributed by atoms with Gasteiger partial charge in [0.15, 0.2) is 0 Å². The van der Waals surface area contributed by atoms with Gasteiger partial charge in [-0.3, -0.25) is 10.7 Å². The largest absolute Gasteiger partial charge is 0.336 e. The normalized spacial score (nSPS) is 10.8. The van der Waals surface area contributed by atoms with Crippen molar-refractivity contribution in [1.82, 2.24) is 20.4 Å². The SMILES string of the molecule is CCN(CC)NC(=O)Nc1nc2ccccc2[nH]1. The average Bonchev–Trinajstić information content (AvgIpc) is 2.77. The number of hydrazine groups is 1. The summed E-state index contributed by atoms with van der Waals surface area (Å²) in [5.74, 6) is 0.445. The molecule has 1 aromatic carbocycles. The van der Waals surface area contributed by atoms with Crippen molar-refractivity contribution in [3.05, 3.63) is 24.3 Å². The highest BCUT2D eigenvalue weighted by molar-refractivity contribution is 5.89. The van der Waals surface area contributed by atoms with Crippen LogP contribution in [0.3, 0.4) is 0 Å². The number of urea groups is 1. The van der Waals surface area contributed by atoms with Gasteiger partial charge >= 0.3 is 6.03 Å². The zero-order valence-electron chi connectivity index (χ0n) is 10.5. The Balaban J connectivity index is 2.02. The fourth-order valence-corrected chi connectivity index (χ4v) is 1.67. The van der Waals surface area contributed by atoms with Crippen LogP contribution in [0.15, 0.2) is 24.3 Å². The first-order valence-corrected chi connectivity index (χ1v) is 6.00. The number of hydrogen-bond donors (Lipinski definition) is 3. The van der Waals surface area contributed by atoms with E-state index in [9.17, 15) is 4.79 Å². The minimum absolute atomic E-state index is 0.294.